The van der Waals surface area contributed by atoms with Crippen LogP contribution in [0.5, 0.6) is 5.88 Å². The largest absolute Gasteiger partial charge is 0.493 e. The van der Waals surface area contributed by atoms with Crippen LogP contribution in [0, 0.1) is 9.87 Å². The number of benzene rings is 1. The third-order valence-electron chi connectivity index (χ3n) is 3.82. The Bertz CT molecular complexity index is 1030. The van der Waals surface area contributed by atoms with Gasteiger partial charge in [-0.1, -0.05) is 32.0 Å². The van der Waals surface area contributed by atoms with Crippen LogP contribution >= 0.6 is 23.6 Å². The molecule has 0 bridgehead atoms. The molecule has 8 heteroatoms. The number of rotatable bonds is 4. The van der Waals surface area contributed by atoms with E-state index in [1.165, 1.54) is 4.57 Å². The van der Waals surface area contributed by atoms with Crippen LogP contribution in [0.25, 0.3) is 5.57 Å². The molecule has 124 valence electrons. The molecular weight excluding hydrogens is 348 g/mol. The molecule has 0 saturated carbocycles. The molecule has 1 aliphatic rings. The summed E-state index contributed by atoms with van der Waals surface area (Å²) in [7, 11) is 0. The van der Waals surface area contributed by atoms with E-state index in [4.69, 9.17) is 12.2 Å². The summed E-state index contributed by atoms with van der Waals surface area (Å²) >= 11 is 6.27. The average Bonchev–Trinajstić information content (AvgIpc) is 2.97. The van der Waals surface area contributed by atoms with Crippen LogP contribution in [-0.2, 0) is 9.59 Å². The van der Waals surface area contributed by atoms with Crippen molar-refractivity contribution in [1.82, 2.24) is 4.57 Å². The molecule has 2 aromatic rings. The summed E-state index contributed by atoms with van der Waals surface area (Å²) in [5.74, 6) is -2.15. The van der Waals surface area contributed by atoms with Crippen molar-refractivity contribution in [2.24, 2.45) is 10.9 Å². The molecule has 2 N–H and O–H groups in total. The zero-order chi connectivity index (χ0) is 17.6. The van der Waals surface area contributed by atoms with Crippen molar-refractivity contribution < 1.29 is 19.8 Å². The number of aromatic nitrogens is 1. The first-order chi connectivity index (χ1) is 11.3. The zero-order valence-electron chi connectivity index (χ0n) is 12.9. The van der Waals surface area contributed by atoms with Crippen LogP contribution in [-0.4, -0.2) is 26.7 Å². The smallest absolute Gasteiger partial charge is 0.327 e. The number of carbonyl (C=O) groups excluding carboxylic acids is 1. The van der Waals surface area contributed by atoms with Crippen LogP contribution in [0.2, 0.25) is 0 Å². The van der Waals surface area contributed by atoms with Crippen molar-refractivity contribution >= 4 is 41.0 Å². The number of aromatic hydroxyl groups is 1. The summed E-state index contributed by atoms with van der Waals surface area (Å²) in [5.41, 5.74) is 0.255. The van der Waals surface area contributed by atoms with Crippen molar-refractivity contribution in [2.45, 2.75) is 19.9 Å². The normalized spacial score (nSPS) is 14.6. The average molecular weight is 362 g/mol. The first-order valence-electron chi connectivity index (χ1n) is 7.22. The standard InChI is InChI=1S/C16H14N2O4S2/c1-7(2)11(15(21)22)18-14(20)12(24-16(18)23)10-8-5-3-4-6-9(8)17-13(10)19/h3-7,11,20H,1-2H3,(H,21,22). The van der Waals surface area contributed by atoms with Gasteiger partial charge in [-0.25, -0.2) is 9.79 Å². The molecule has 0 spiro atoms. The number of para-hydroxylation sites is 1. The third-order valence-corrected chi connectivity index (χ3v) is 5.23. The Labute approximate surface area is 146 Å². The van der Waals surface area contributed by atoms with E-state index in [9.17, 15) is 19.8 Å². The fraction of sp³-hybridized carbons (Fsp3) is 0.250. The molecule has 1 aromatic heterocycles. The highest BCUT2D eigenvalue weighted by Crippen LogP contribution is 2.36. The molecular formula is C16H14N2O4S2. The van der Waals surface area contributed by atoms with Crippen molar-refractivity contribution in [2.75, 3.05) is 0 Å². The molecule has 6 nitrogen and oxygen atoms in total. The van der Waals surface area contributed by atoms with E-state index >= 15 is 0 Å². The molecule has 0 fully saturated rings. The van der Waals surface area contributed by atoms with Gasteiger partial charge in [0.2, 0.25) is 5.88 Å². The summed E-state index contributed by atoms with van der Waals surface area (Å²) in [6.45, 7) is 3.46. The maximum absolute atomic E-state index is 12.3. The molecule has 1 unspecified atom stereocenters. The van der Waals surface area contributed by atoms with Gasteiger partial charge < -0.3 is 10.2 Å². The van der Waals surface area contributed by atoms with Gasteiger partial charge in [-0.2, -0.15) is 0 Å². The van der Waals surface area contributed by atoms with Crippen LogP contribution in [0.4, 0.5) is 0 Å². The van der Waals surface area contributed by atoms with Crippen molar-refractivity contribution in [1.29, 1.82) is 0 Å². The minimum atomic E-state index is -1.09. The Hall–Kier alpha value is -2.32. The predicted octanol–water partition coefficient (Wildman–Crippen LogP) is 1.63. The van der Waals surface area contributed by atoms with Gasteiger partial charge >= 0.3 is 5.97 Å². The maximum atomic E-state index is 12.3. The zero-order valence-corrected chi connectivity index (χ0v) is 14.5. The minimum absolute atomic E-state index is 0.202. The Morgan fingerprint density at radius 2 is 2.00 bits per heavy atom. The summed E-state index contributed by atoms with van der Waals surface area (Å²) in [5, 5.41) is 21.2. The number of aliphatic carboxylic acids is 1. The maximum Gasteiger partial charge on any atom is 0.327 e. The number of amides is 1. The Balaban J connectivity index is 2.30. The molecule has 24 heavy (non-hydrogen) atoms. The van der Waals surface area contributed by atoms with Crippen molar-refractivity contribution in [3.05, 3.63) is 43.7 Å². The molecule has 1 amide bonds. The molecule has 2 heterocycles. The molecule has 3 rings (SSSR count). The lowest BCUT2D eigenvalue weighted by Crippen LogP contribution is -2.24. The molecule has 1 atom stereocenters. The number of hydrogen-bond donors (Lipinski definition) is 2. The first-order valence-corrected chi connectivity index (χ1v) is 8.45. The van der Waals surface area contributed by atoms with Gasteiger partial charge in [0.05, 0.1) is 10.9 Å². The van der Waals surface area contributed by atoms with E-state index in [1.807, 2.05) is 0 Å². The number of nitrogens with zero attached hydrogens (tertiary/aromatic N) is 2. The van der Waals surface area contributed by atoms with E-state index in [1.54, 1.807) is 38.1 Å². The van der Waals surface area contributed by atoms with E-state index in [0.717, 1.165) is 11.3 Å². The van der Waals surface area contributed by atoms with Gasteiger partial charge in [-0.3, -0.25) is 9.36 Å². The number of thiazole rings is 1. The molecule has 0 radical (unpaired) electrons. The summed E-state index contributed by atoms with van der Waals surface area (Å²) in [6.07, 6.45) is 0. The highest BCUT2D eigenvalue weighted by molar-refractivity contribution is 7.73. The second-order valence-electron chi connectivity index (χ2n) is 5.73. The molecule has 1 aliphatic heterocycles. The monoisotopic (exact) mass is 362 g/mol. The van der Waals surface area contributed by atoms with Gasteiger partial charge in [0.1, 0.15) is 10.9 Å². The van der Waals surface area contributed by atoms with E-state index in [-0.39, 0.29) is 26.2 Å². The number of fused-ring (bicyclic) bond motifs is 1. The minimum Gasteiger partial charge on any atom is -0.493 e. The lowest BCUT2D eigenvalue weighted by Gasteiger charge is -2.18. The Morgan fingerprint density at radius 1 is 1.33 bits per heavy atom. The van der Waals surface area contributed by atoms with E-state index in [0.29, 0.717) is 10.6 Å². The van der Waals surface area contributed by atoms with Crippen molar-refractivity contribution in [3.63, 3.8) is 0 Å². The quantitative estimate of drug-likeness (QED) is 0.807. The second kappa shape index (κ2) is 5.95. The van der Waals surface area contributed by atoms with E-state index < -0.39 is 17.9 Å². The van der Waals surface area contributed by atoms with Gasteiger partial charge in [-0.15, -0.1) is 11.3 Å². The van der Waals surface area contributed by atoms with Gasteiger partial charge in [-0.05, 0) is 24.2 Å². The summed E-state index contributed by atoms with van der Waals surface area (Å²) in [4.78, 5) is 28.1. The highest BCUT2D eigenvalue weighted by Gasteiger charge is 2.31. The Morgan fingerprint density at radius 3 is 2.62 bits per heavy atom. The highest BCUT2D eigenvalue weighted by atomic mass is 32.1. The van der Waals surface area contributed by atoms with Crippen LogP contribution in [0.1, 0.15) is 24.8 Å². The van der Waals surface area contributed by atoms with Crippen LogP contribution < -0.4 is 10.6 Å². The summed E-state index contributed by atoms with van der Waals surface area (Å²) < 4.78 is 1.40. The lowest BCUT2D eigenvalue weighted by molar-refractivity contribution is -0.142. The second-order valence-corrected chi connectivity index (χ2v) is 7.37. The van der Waals surface area contributed by atoms with Crippen LogP contribution in [0.3, 0.4) is 0 Å². The fourth-order valence-corrected chi connectivity index (χ4v) is 4.17. The first kappa shape index (κ1) is 16.5. The topological polar surface area (TPSA) is 91.9 Å². The number of carboxylic acid groups (broad SMARTS) is 1. The Kier molecular flexibility index (Phi) is 4.10. The van der Waals surface area contributed by atoms with Gasteiger partial charge in [0.25, 0.3) is 5.91 Å². The molecule has 0 saturated heterocycles. The third kappa shape index (κ3) is 2.47. The molecule has 1 aromatic carbocycles. The van der Waals surface area contributed by atoms with Crippen molar-refractivity contribution in [3.8, 4) is 5.88 Å². The van der Waals surface area contributed by atoms with Gasteiger partial charge in [0.15, 0.2) is 3.95 Å². The fourth-order valence-electron chi connectivity index (χ4n) is 2.76. The SMILES string of the molecule is CC(C)C(C(=O)O)n1c(O)c(C2=c3ccccc3=NC2=O)sc1=S. The number of hydrogen-bond acceptors (Lipinski definition) is 5. The predicted molar refractivity (Wildman–Crippen MR) is 91.1 cm³/mol. The number of carboxylic acids is 1. The van der Waals surface area contributed by atoms with E-state index in [2.05, 4.69) is 4.99 Å². The molecule has 0 aliphatic carbocycles. The number of carbonyl (C=O) groups is 2. The summed E-state index contributed by atoms with van der Waals surface area (Å²) in [6, 6.07) is 5.98. The van der Waals surface area contributed by atoms with Crippen LogP contribution in [0.15, 0.2) is 29.3 Å². The van der Waals surface area contributed by atoms with Gasteiger partial charge in [0, 0.05) is 5.22 Å². The lowest BCUT2D eigenvalue weighted by atomic mass is 10.0.